The van der Waals surface area contributed by atoms with Crippen LogP contribution in [-0.4, -0.2) is 7.11 Å². The summed E-state index contributed by atoms with van der Waals surface area (Å²) in [4.78, 5) is 0. The fourth-order valence-electron chi connectivity index (χ4n) is 3.35. The molecule has 2 heteroatoms. The molecule has 0 aliphatic carbocycles. The Morgan fingerprint density at radius 2 is 1.48 bits per heavy atom. The lowest BCUT2D eigenvalue weighted by molar-refractivity contribution is 0.341. The molecule has 0 spiro atoms. The standard InChI is InChI=1S/C23H17ClO/c1-25-14-13-21-20(11-6-12-23(21)24)22-15-16-7-2-3-8-17(16)18-9-4-5-10-19(18)22/h2-15H,1H3. The summed E-state index contributed by atoms with van der Waals surface area (Å²) in [5, 5.41) is 5.66. The van der Waals surface area contributed by atoms with Gasteiger partial charge in [0, 0.05) is 10.6 Å². The molecule has 0 heterocycles. The van der Waals surface area contributed by atoms with E-state index in [1.54, 1.807) is 13.4 Å². The van der Waals surface area contributed by atoms with Crippen molar-refractivity contribution in [2.24, 2.45) is 0 Å². The Balaban J connectivity index is 2.11. The van der Waals surface area contributed by atoms with Crippen LogP contribution in [0.4, 0.5) is 0 Å². The van der Waals surface area contributed by atoms with Gasteiger partial charge in [0.1, 0.15) is 0 Å². The predicted molar refractivity (Wildman–Crippen MR) is 108 cm³/mol. The van der Waals surface area contributed by atoms with E-state index in [9.17, 15) is 0 Å². The van der Waals surface area contributed by atoms with Crippen LogP contribution in [0.3, 0.4) is 0 Å². The first-order valence-corrected chi connectivity index (χ1v) is 8.56. The van der Waals surface area contributed by atoms with Crippen molar-refractivity contribution < 1.29 is 4.74 Å². The molecule has 0 fully saturated rings. The van der Waals surface area contributed by atoms with Crippen LogP contribution >= 0.6 is 11.6 Å². The Labute approximate surface area is 152 Å². The van der Waals surface area contributed by atoms with Crippen molar-refractivity contribution >= 4 is 39.2 Å². The summed E-state index contributed by atoms with van der Waals surface area (Å²) in [6.45, 7) is 0. The fraction of sp³-hybridized carbons (Fsp3) is 0.0435. The van der Waals surface area contributed by atoms with Crippen LogP contribution in [0.1, 0.15) is 5.56 Å². The average Bonchev–Trinajstić information content (AvgIpc) is 2.66. The van der Waals surface area contributed by atoms with Crippen molar-refractivity contribution in [1.29, 1.82) is 0 Å². The van der Waals surface area contributed by atoms with E-state index in [0.29, 0.717) is 5.02 Å². The molecule has 0 aliphatic heterocycles. The Hall–Kier alpha value is -2.77. The van der Waals surface area contributed by atoms with Crippen molar-refractivity contribution in [2.45, 2.75) is 0 Å². The lowest BCUT2D eigenvalue weighted by atomic mass is 9.91. The SMILES string of the molecule is COC=Cc1c(Cl)cccc1-c1cc2ccccc2c2ccccc12. The maximum Gasteiger partial charge on any atom is 0.0831 e. The van der Waals surface area contributed by atoms with Gasteiger partial charge in [-0.05, 0) is 50.9 Å². The molecule has 4 aromatic carbocycles. The Bertz CT molecular complexity index is 1100. The molecule has 0 saturated carbocycles. The average molecular weight is 345 g/mol. The second kappa shape index (κ2) is 6.62. The van der Waals surface area contributed by atoms with Crippen LogP contribution in [0.25, 0.3) is 38.7 Å². The second-order valence-corrected chi connectivity index (χ2v) is 6.34. The normalized spacial score (nSPS) is 11.4. The van der Waals surface area contributed by atoms with Gasteiger partial charge < -0.3 is 4.74 Å². The maximum absolute atomic E-state index is 6.48. The molecular formula is C23H17ClO. The molecule has 0 bridgehead atoms. The summed E-state index contributed by atoms with van der Waals surface area (Å²) in [5.41, 5.74) is 3.24. The van der Waals surface area contributed by atoms with E-state index < -0.39 is 0 Å². The van der Waals surface area contributed by atoms with Gasteiger partial charge >= 0.3 is 0 Å². The van der Waals surface area contributed by atoms with E-state index in [2.05, 4.69) is 60.7 Å². The number of hydrogen-bond acceptors (Lipinski definition) is 1. The topological polar surface area (TPSA) is 9.23 Å². The highest BCUT2D eigenvalue weighted by Gasteiger charge is 2.12. The van der Waals surface area contributed by atoms with Gasteiger partial charge in [-0.25, -0.2) is 0 Å². The summed E-state index contributed by atoms with van der Waals surface area (Å²) in [7, 11) is 1.64. The Morgan fingerprint density at radius 3 is 2.28 bits per heavy atom. The number of rotatable bonds is 3. The highest BCUT2D eigenvalue weighted by atomic mass is 35.5. The Morgan fingerprint density at radius 1 is 0.760 bits per heavy atom. The van der Waals surface area contributed by atoms with Gasteiger partial charge in [0.25, 0.3) is 0 Å². The largest absolute Gasteiger partial charge is 0.504 e. The van der Waals surface area contributed by atoms with E-state index in [-0.39, 0.29) is 0 Å². The van der Waals surface area contributed by atoms with Gasteiger partial charge in [0.05, 0.1) is 13.4 Å². The third-order valence-electron chi connectivity index (χ3n) is 4.48. The molecule has 0 atom stereocenters. The minimum absolute atomic E-state index is 0.711. The van der Waals surface area contributed by atoms with E-state index in [4.69, 9.17) is 16.3 Å². The third-order valence-corrected chi connectivity index (χ3v) is 4.81. The van der Waals surface area contributed by atoms with Gasteiger partial charge in [-0.2, -0.15) is 0 Å². The first kappa shape index (κ1) is 15.7. The molecule has 1 nitrogen and oxygen atoms in total. The molecule has 0 aromatic heterocycles. The zero-order valence-corrected chi connectivity index (χ0v) is 14.6. The van der Waals surface area contributed by atoms with Crippen molar-refractivity contribution in [2.75, 3.05) is 7.11 Å². The van der Waals surface area contributed by atoms with Crippen molar-refractivity contribution in [1.82, 2.24) is 0 Å². The summed E-state index contributed by atoms with van der Waals surface area (Å²) in [5.74, 6) is 0. The van der Waals surface area contributed by atoms with Crippen molar-refractivity contribution in [3.8, 4) is 11.1 Å². The molecule has 0 saturated heterocycles. The minimum Gasteiger partial charge on any atom is -0.504 e. The quantitative estimate of drug-likeness (QED) is 0.289. The van der Waals surface area contributed by atoms with E-state index >= 15 is 0 Å². The predicted octanol–water partition coefficient (Wildman–Crippen LogP) is 6.93. The number of hydrogen-bond donors (Lipinski definition) is 0. The number of ether oxygens (including phenoxy) is 1. The summed E-state index contributed by atoms with van der Waals surface area (Å²) >= 11 is 6.48. The number of benzene rings is 4. The molecular weight excluding hydrogens is 328 g/mol. The lowest BCUT2D eigenvalue weighted by Gasteiger charge is -2.14. The van der Waals surface area contributed by atoms with Crippen LogP contribution in [0.2, 0.25) is 5.02 Å². The molecule has 0 unspecified atom stereocenters. The summed E-state index contributed by atoms with van der Waals surface area (Å²) in [6, 6.07) is 25.2. The van der Waals surface area contributed by atoms with Crippen LogP contribution in [-0.2, 0) is 4.74 Å². The van der Waals surface area contributed by atoms with E-state index in [1.165, 1.54) is 27.1 Å². The molecule has 0 radical (unpaired) electrons. The Kier molecular flexibility index (Phi) is 4.17. The number of halogens is 1. The fourth-order valence-corrected chi connectivity index (χ4v) is 3.59. The molecule has 4 rings (SSSR count). The van der Waals surface area contributed by atoms with Gasteiger partial charge in [-0.15, -0.1) is 0 Å². The number of fused-ring (bicyclic) bond motifs is 3. The highest BCUT2D eigenvalue weighted by molar-refractivity contribution is 6.32. The van der Waals surface area contributed by atoms with Crippen LogP contribution < -0.4 is 0 Å². The first-order chi connectivity index (χ1) is 12.3. The van der Waals surface area contributed by atoms with Gasteiger partial charge in [-0.1, -0.05) is 72.3 Å². The molecule has 25 heavy (non-hydrogen) atoms. The maximum atomic E-state index is 6.48. The second-order valence-electron chi connectivity index (χ2n) is 5.93. The zero-order valence-electron chi connectivity index (χ0n) is 13.9. The van der Waals surface area contributed by atoms with Crippen molar-refractivity contribution in [3.05, 3.63) is 89.6 Å². The monoisotopic (exact) mass is 344 g/mol. The van der Waals surface area contributed by atoms with Crippen molar-refractivity contribution in [3.63, 3.8) is 0 Å². The first-order valence-electron chi connectivity index (χ1n) is 8.18. The van der Waals surface area contributed by atoms with Gasteiger partial charge in [0.15, 0.2) is 0 Å². The lowest BCUT2D eigenvalue weighted by Crippen LogP contribution is -1.88. The van der Waals surface area contributed by atoms with E-state index in [0.717, 1.165) is 11.1 Å². The molecule has 0 aliphatic rings. The van der Waals surface area contributed by atoms with Gasteiger partial charge in [0.2, 0.25) is 0 Å². The molecule has 0 N–H and O–H groups in total. The number of methoxy groups -OCH3 is 1. The molecule has 4 aromatic rings. The van der Waals surface area contributed by atoms with Crippen LogP contribution in [0.15, 0.2) is 79.1 Å². The smallest absolute Gasteiger partial charge is 0.0831 e. The van der Waals surface area contributed by atoms with Crippen LogP contribution in [0.5, 0.6) is 0 Å². The minimum atomic E-state index is 0.711. The van der Waals surface area contributed by atoms with Gasteiger partial charge in [-0.3, -0.25) is 0 Å². The van der Waals surface area contributed by atoms with E-state index in [1.807, 2.05) is 18.2 Å². The van der Waals surface area contributed by atoms with Crippen LogP contribution in [0, 0.1) is 0 Å². The summed E-state index contributed by atoms with van der Waals surface area (Å²) < 4.78 is 5.11. The third kappa shape index (κ3) is 2.77. The molecule has 122 valence electrons. The zero-order chi connectivity index (χ0) is 17.2. The molecule has 0 amide bonds. The highest BCUT2D eigenvalue weighted by Crippen LogP contribution is 2.38. The summed E-state index contributed by atoms with van der Waals surface area (Å²) in [6.07, 6.45) is 3.58.